The molecular formula is C32H29ClN2O5S. The first-order chi connectivity index (χ1) is 19.8. The molecule has 7 nitrogen and oxygen atoms in total. The van der Waals surface area contributed by atoms with E-state index in [1.165, 1.54) is 16.2 Å². The second kappa shape index (κ2) is 11.2. The van der Waals surface area contributed by atoms with Gasteiger partial charge in [-0.3, -0.25) is 14.5 Å². The van der Waals surface area contributed by atoms with Crippen LogP contribution in [0.25, 0.3) is 16.0 Å². The molecule has 9 heteroatoms. The summed E-state index contributed by atoms with van der Waals surface area (Å²) in [7, 11) is 0. The van der Waals surface area contributed by atoms with E-state index in [2.05, 4.69) is 11.9 Å². The summed E-state index contributed by atoms with van der Waals surface area (Å²) in [4.78, 5) is 33.3. The van der Waals surface area contributed by atoms with Gasteiger partial charge in [0.1, 0.15) is 23.4 Å². The minimum atomic E-state index is -0.886. The molecular weight excluding hydrogens is 560 g/mol. The normalized spacial score (nSPS) is 19.5. The standard InChI is InChI=1S/C32H29ClN2O5S/c1-3-4-5-14-39-23-10-6-19(7-11-23)28-27(29(36)20-8-13-25-21(16-20)15-18(2)40-25)30(37)31(38)35(28)32-34-24-12-9-22(33)17-26(24)41-32/h6-13,16-18,28,36H,3-5,14-15H2,1-2H3/b29-27+/t18-,28+/m0/s1. The van der Waals surface area contributed by atoms with Crippen LogP contribution >= 0.6 is 22.9 Å². The average molecular weight is 589 g/mol. The number of halogens is 1. The Morgan fingerprint density at radius 1 is 1.12 bits per heavy atom. The Morgan fingerprint density at radius 3 is 2.71 bits per heavy atom. The quantitative estimate of drug-likeness (QED) is 0.0994. The van der Waals surface area contributed by atoms with Crippen LogP contribution < -0.4 is 14.4 Å². The van der Waals surface area contributed by atoms with Gasteiger partial charge < -0.3 is 14.6 Å². The summed E-state index contributed by atoms with van der Waals surface area (Å²) in [6.07, 6.45) is 3.89. The van der Waals surface area contributed by atoms with Crippen molar-refractivity contribution in [3.8, 4) is 11.5 Å². The number of carbonyl (C=O) groups is 2. The first-order valence-electron chi connectivity index (χ1n) is 13.7. The van der Waals surface area contributed by atoms with Crippen LogP contribution in [0.3, 0.4) is 0 Å². The van der Waals surface area contributed by atoms with E-state index in [-0.39, 0.29) is 17.4 Å². The molecule has 0 bridgehead atoms. The molecule has 2 atom stereocenters. The van der Waals surface area contributed by atoms with Gasteiger partial charge in [-0.05, 0) is 73.0 Å². The highest BCUT2D eigenvalue weighted by Crippen LogP contribution is 2.45. The van der Waals surface area contributed by atoms with Crippen molar-refractivity contribution in [3.05, 3.63) is 87.9 Å². The van der Waals surface area contributed by atoms with Gasteiger partial charge in [0.05, 0.1) is 28.4 Å². The first kappa shape index (κ1) is 27.3. The lowest BCUT2D eigenvalue weighted by molar-refractivity contribution is -0.132. The van der Waals surface area contributed by atoms with Crippen molar-refractivity contribution in [2.24, 2.45) is 0 Å². The Labute approximate surface area is 247 Å². The zero-order valence-electron chi connectivity index (χ0n) is 22.7. The summed E-state index contributed by atoms with van der Waals surface area (Å²) in [5, 5.41) is 12.5. The molecule has 6 rings (SSSR count). The maximum Gasteiger partial charge on any atom is 0.301 e. The minimum Gasteiger partial charge on any atom is -0.507 e. The van der Waals surface area contributed by atoms with Crippen LogP contribution in [0.5, 0.6) is 11.5 Å². The van der Waals surface area contributed by atoms with E-state index in [0.29, 0.717) is 45.6 Å². The Kier molecular flexibility index (Phi) is 7.45. The van der Waals surface area contributed by atoms with E-state index in [9.17, 15) is 14.7 Å². The number of aliphatic hydroxyl groups is 1. The number of fused-ring (bicyclic) bond motifs is 2. The lowest BCUT2D eigenvalue weighted by Crippen LogP contribution is -2.29. The number of aromatic nitrogens is 1. The van der Waals surface area contributed by atoms with E-state index in [4.69, 9.17) is 21.1 Å². The SMILES string of the molecule is CCCCCOc1ccc([C@@H]2/C(=C(\O)c3ccc4c(c3)C[C@H](C)O4)C(=O)C(=O)N2c2nc3ccc(Cl)cc3s2)cc1. The van der Waals surface area contributed by atoms with Gasteiger partial charge in [-0.25, -0.2) is 4.98 Å². The fourth-order valence-electron chi connectivity index (χ4n) is 5.35. The molecule has 2 aliphatic rings. The summed E-state index contributed by atoms with van der Waals surface area (Å²) >= 11 is 7.47. The minimum absolute atomic E-state index is 0.0100. The van der Waals surface area contributed by atoms with E-state index in [0.717, 1.165) is 35.3 Å². The summed E-state index contributed by atoms with van der Waals surface area (Å²) in [6.45, 7) is 4.73. The van der Waals surface area contributed by atoms with Crippen LogP contribution in [-0.4, -0.2) is 34.5 Å². The third kappa shape index (κ3) is 5.18. The van der Waals surface area contributed by atoms with E-state index < -0.39 is 17.7 Å². The number of aliphatic hydroxyl groups excluding tert-OH is 1. The summed E-state index contributed by atoms with van der Waals surface area (Å²) < 4.78 is 12.5. The second-order valence-electron chi connectivity index (χ2n) is 10.4. The largest absolute Gasteiger partial charge is 0.507 e. The van der Waals surface area contributed by atoms with E-state index >= 15 is 0 Å². The summed E-state index contributed by atoms with van der Waals surface area (Å²) in [5.74, 6) is -0.297. The van der Waals surface area contributed by atoms with Gasteiger partial charge in [-0.1, -0.05) is 54.8 Å². The highest BCUT2D eigenvalue weighted by Gasteiger charge is 2.48. The fraction of sp³-hybridized carbons (Fsp3) is 0.281. The third-order valence-corrected chi connectivity index (χ3v) is 8.62. The zero-order chi connectivity index (χ0) is 28.7. The molecule has 0 saturated carbocycles. The number of nitrogens with zero attached hydrogens (tertiary/aromatic N) is 2. The number of hydrogen-bond acceptors (Lipinski definition) is 7. The molecule has 0 radical (unpaired) electrons. The highest BCUT2D eigenvalue weighted by molar-refractivity contribution is 7.22. The number of thiazole rings is 1. The van der Waals surface area contributed by atoms with Crippen molar-refractivity contribution in [2.45, 2.75) is 51.7 Å². The summed E-state index contributed by atoms with van der Waals surface area (Å²) in [6, 6.07) is 17.0. The number of hydrogen-bond donors (Lipinski definition) is 1. The van der Waals surface area contributed by atoms with Gasteiger partial charge in [0.2, 0.25) is 0 Å². The molecule has 0 unspecified atom stereocenters. The molecule has 3 aromatic carbocycles. The number of ether oxygens (including phenoxy) is 2. The van der Waals surface area contributed by atoms with Crippen LogP contribution in [-0.2, 0) is 16.0 Å². The van der Waals surface area contributed by atoms with Crippen LogP contribution in [0.4, 0.5) is 5.13 Å². The molecule has 1 saturated heterocycles. The number of Topliss-reactive ketones (excluding diaryl/α,β-unsaturated/α-hetero) is 1. The lowest BCUT2D eigenvalue weighted by atomic mass is 9.94. The van der Waals surface area contributed by atoms with Crippen molar-refractivity contribution in [3.63, 3.8) is 0 Å². The Hall–Kier alpha value is -3.88. The van der Waals surface area contributed by atoms with Crippen molar-refractivity contribution < 1.29 is 24.2 Å². The maximum atomic E-state index is 13.6. The molecule has 210 valence electrons. The number of anilines is 1. The predicted octanol–water partition coefficient (Wildman–Crippen LogP) is 7.47. The molecule has 0 spiro atoms. The van der Waals surface area contributed by atoms with Gasteiger partial charge >= 0.3 is 5.91 Å². The van der Waals surface area contributed by atoms with Crippen molar-refractivity contribution >= 4 is 55.7 Å². The van der Waals surface area contributed by atoms with Crippen LogP contribution in [0.15, 0.2) is 66.2 Å². The molecule has 1 N–H and O–H groups in total. The molecule has 41 heavy (non-hydrogen) atoms. The maximum absolute atomic E-state index is 13.6. The average Bonchev–Trinajstić information content (AvgIpc) is 3.63. The highest BCUT2D eigenvalue weighted by atomic mass is 35.5. The third-order valence-electron chi connectivity index (χ3n) is 7.37. The van der Waals surface area contributed by atoms with Crippen molar-refractivity contribution in [2.75, 3.05) is 11.5 Å². The van der Waals surface area contributed by atoms with Gasteiger partial charge in [0, 0.05) is 17.0 Å². The number of rotatable bonds is 8. The van der Waals surface area contributed by atoms with Crippen LogP contribution in [0.1, 0.15) is 55.8 Å². The number of unbranched alkanes of at least 4 members (excludes halogenated alkanes) is 2. The number of ketones is 1. The monoisotopic (exact) mass is 588 g/mol. The smallest absolute Gasteiger partial charge is 0.301 e. The molecule has 1 fully saturated rings. The van der Waals surface area contributed by atoms with Crippen molar-refractivity contribution in [1.29, 1.82) is 0 Å². The van der Waals surface area contributed by atoms with E-state index in [1.54, 1.807) is 30.3 Å². The Bertz CT molecular complexity index is 1680. The predicted molar refractivity (Wildman–Crippen MR) is 161 cm³/mol. The van der Waals surface area contributed by atoms with Crippen LogP contribution in [0.2, 0.25) is 5.02 Å². The fourth-order valence-corrected chi connectivity index (χ4v) is 6.62. The first-order valence-corrected chi connectivity index (χ1v) is 14.9. The Balaban J connectivity index is 1.44. The number of amides is 1. The zero-order valence-corrected chi connectivity index (χ0v) is 24.3. The van der Waals surface area contributed by atoms with Crippen LogP contribution in [0, 0.1) is 0 Å². The molecule has 1 amide bonds. The second-order valence-corrected chi connectivity index (χ2v) is 11.8. The molecule has 0 aliphatic carbocycles. The molecule has 3 heterocycles. The van der Waals surface area contributed by atoms with E-state index in [1.807, 2.05) is 37.3 Å². The number of benzene rings is 3. The number of carbonyl (C=O) groups excluding carboxylic acids is 2. The van der Waals surface area contributed by atoms with Crippen molar-refractivity contribution in [1.82, 2.24) is 4.98 Å². The van der Waals surface area contributed by atoms with Gasteiger partial charge in [-0.15, -0.1) is 0 Å². The van der Waals surface area contributed by atoms with Gasteiger partial charge in [0.15, 0.2) is 5.13 Å². The lowest BCUT2D eigenvalue weighted by Gasteiger charge is -2.23. The molecule has 1 aromatic heterocycles. The Morgan fingerprint density at radius 2 is 1.93 bits per heavy atom. The molecule has 4 aromatic rings. The van der Waals surface area contributed by atoms with Gasteiger partial charge in [-0.2, -0.15) is 0 Å². The van der Waals surface area contributed by atoms with Gasteiger partial charge in [0.25, 0.3) is 5.78 Å². The molecule has 2 aliphatic heterocycles. The summed E-state index contributed by atoms with van der Waals surface area (Å²) in [5.41, 5.74) is 2.73. The topological polar surface area (TPSA) is 89.0 Å².